The molecular weight excluding hydrogens is 468 g/mol. The fourth-order valence-corrected chi connectivity index (χ4v) is 3.62. The van der Waals surface area contributed by atoms with Crippen LogP contribution < -0.4 is 4.74 Å². The van der Waals surface area contributed by atoms with Gasteiger partial charge in [-0.15, -0.1) is 6.58 Å². The summed E-state index contributed by atoms with van der Waals surface area (Å²) in [5.41, 5.74) is -0.889. The molecule has 0 aliphatic heterocycles. The third-order valence-corrected chi connectivity index (χ3v) is 5.45. The zero-order valence-electron chi connectivity index (χ0n) is 18.6. The molecule has 3 aromatic carbocycles. The highest BCUT2D eigenvalue weighted by Crippen LogP contribution is 2.24. The molecule has 182 valence electrons. The van der Waals surface area contributed by atoms with E-state index < -0.39 is 40.5 Å². The second-order valence-electron chi connectivity index (χ2n) is 7.88. The summed E-state index contributed by atoms with van der Waals surface area (Å²) >= 11 is 0. The lowest BCUT2D eigenvalue weighted by molar-refractivity contribution is 0.320. The first kappa shape index (κ1) is 25.9. The Morgan fingerprint density at radius 1 is 0.686 bits per heavy atom. The molecule has 0 aromatic heterocycles. The van der Waals surface area contributed by atoms with Gasteiger partial charge in [0.2, 0.25) is 0 Å². The lowest BCUT2D eigenvalue weighted by Crippen LogP contribution is -2.05. The van der Waals surface area contributed by atoms with Crippen LogP contribution in [0.2, 0.25) is 0 Å². The molecule has 3 aromatic rings. The van der Waals surface area contributed by atoms with Crippen molar-refractivity contribution in [2.24, 2.45) is 0 Å². The second-order valence-corrected chi connectivity index (χ2v) is 7.88. The molecule has 0 bridgehead atoms. The molecule has 8 heteroatoms. The topological polar surface area (TPSA) is 33.0 Å². The molecule has 0 aliphatic rings. The average Bonchev–Trinajstić information content (AvgIpc) is 2.78. The van der Waals surface area contributed by atoms with Crippen molar-refractivity contribution in [1.82, 2.24) is 0 Å². The predicted molar refractivity (Wildman–Crippen MR) is 119 cm³/mol. The first-order chi connectivity index (χ1) is 16.7. The summed E-state index contributed by atoms with van der Waals surface area (Å²) in [4.78, 5) is 0. The molecule has 0 aliphatic carbocycles. The zero-order valence-corrected chi connectivity index (χ0v) is 18.6. The van der Waals surface area contributed by atoms with Crippen LogP contribution in [-0.4, -0.2) is 6.61 Å². The van der Waals surface area contributed by atoms with Crippen LogP contribution in [0.3, 0.4) is 0 Å². The van der Waals surface area contributed by atoms with Crippen LogP contribution in [0.25, 0.3) is 0 Å². The molecule has 0 radical (unpaired) electrons. The van der Waals surface area contributed by atoms with E-state index in [-0.39, 0.29) is 60.3 Å². The summed E-state index contributed by atoms with van der Waals surface area (Å²) in [6, 6.07) is 7.56. The van der Waals surface area contributed by atoms with Crippen molar-refractivity contribution in [3.8, 4) is 11.8 Å². The van der Waals surface area contributed by atoms with Crippen LogP contribution in [-0.2, 0) is 25.7 Å². The van der Waals surface area contributed by atoms with E-state index in [0.717, 1.165) is 36.4 Å². The van der Waals surface area contributed by atoms with Gasteiger partial charge in [-0.25, -0.2) is 26.3 Å². The fraction of sp³-hybridized carbons (Fsp3) is 0.222. The number of benzene rings is 3. The van der Waals surface area contributed by atoms with E-state index in [2.05, 4.69) is 6.58 Å². The summed E-state index contributed by atoms with van der Waals surface area (Å²) in [7, 11) is 0. The van der Waals surface area contributed by atoms with Crippen LogP contribution in [0.1, 0.15) is 34.2 Å². The first-order valence-electron chi connectivity index (χ1n) is 10.8. The molecule has 3 rings (SSSR count). The molecule has 0 saturated heterocycles. The maximum absolute atomic E-state index is 14.6. The van der Waals surface area contributed by atoms with Crippen LogP contribution >= 0.6 is 0 Å². The number of ether oxygens (including phenoxy) is 1. The SMILES string of the molecule is C=CCCOc1cc(F)c(CCc2cc(F)c(CCc3cc(F)c(C#N)c(F)c3)c(F)c2)c(F)c1. The Morgan fingerprint density at radius 2 is 1.11 bits per heavy atom. The van der Waals surface area contributed by atoms with Gasteiger partial charge in [0.15, 0.2) is 0 Å². The quantitative estimate of drug-likeness (QED) is 0.176. The number of rotatable bonds is 10. The van der Waals surface area contributed by atoms with Gasteiger partial charge in [-0.1, -0.05) is 6.08 Å². The first-order valence-corrected chi connectivity index (χ1v) is 10.8. The van der Waals surface area contributed by atoms with Crippen molar-refractivity contribution in [1.29, 1.82) is 5.26 Å². The zero-order chi connectivity index (χ0) is 25.5. The van der Waals surface area contributed by atoms with Gasteiger partial charge in [-0.2, -0.15) is 5.26 Å². The Balaban J connectivity index is 1.68. The van der Waals surface area contributed by atoms with Crippen LogP contribution in [0.15, 0.2) is 49.1 Å². The normalized spacial score (nSPS) is 10.8. The van der Waals surface area contributed by atoms with Gasteiger partial charge in [0.1, 0.15) is 52.3 Å². The Bertz CT molecular complexity index is 1210. The van der Waals surface area contributed by atoms with Gasteiger partial charge in [0.05, 0.1) is 6.61 Å². The highest BCUT2D eigenvalue weighted by atomic mass is 19.2. The maximum atomic E-state index is 14.6. The monoisotopic (exact) mass is 489 g/mol. The third kappa shape index (κ3) is 6.44. The number of aryl methyl sites for hydroxylation is 2. The van der Waals surface area contributed by atoms with E-state index >= 15 is 0 Å². The number of halogens is 6. The van der Waals surface area contributed by atoms with E-state index in [4.69, 9.17) is 10.00 Å². The summed E-state index contributed by atoms with van der Waals surface area (Å²) < 4.78 is 90.6. The minimum atomic E-state index is -1.05. The fourth-order valence-electron chi connectivity index (χ4n) is 3.62. The minimum Gasteiger partial charge on any atom is -0.493 e. The number of nitrogens with zero attached hydrogens (tertiary/aromatic N) is 1. The highest BCUT2D eigenvalue weighted by Gasteiger charge is 2.16. The van der Waals surface area contributed by atoms with Gasteiger partial charge < -0.3 is 4.74 Å². The van der Waals surface area contributed by atoms with Crippen LogP contribution in [0.4, 0.5) is 26.3 Å². The van der Waals surface area contributed by atoms with E-state index in [0.29, 0.717) is 6.42 Å². The maximum Gasteiger partial charge on any atom is 0.144 e. The second kappa shape index (κ2) is 11.6. The van der Waals surface area contributed by atoms with E-state index in [1.54, 1.807) is 6.08 Å². The van der Waals surface area contributed by atoms with Crippen molar-refractivity contribution in [2.75, 3.05) is 6.61 Å². The molecule has 0 saturated carbocycles. The predicted octanol–water partition coefficient (Wildman–Crippen LogP) is 6.92. The van der Waals surface area contributed by atoms with Crippen LogP contribution in [0, 0.1) is 46.2 Å². The Morgan fingerprint density at radius 3 is 1.54 bits per heavy atom. The molecule has 0 unspecified atom stereocenters. The summed E-state index contributed by atoms with van der Waals surface area (Å²) in [5, 5.41) is 8.72. The standard InChI is InChI=1S/C27H21F6NO/c1-2-3-8-35-18-13-26(32)20(27(33)14-18)7-5-16-9-22(28)19(23(29)10-16)6-4-17-11-24(30)21(15-34)25(31)12-17/h2,9-14H,1,3-8H2. The van der Waals surface area contributed by atoms with Gasteiger partial charge in [0, 0.05) is 23.3 Å². The van der Waals surface area contributed by atoms with E-state index in [1.807, 2.05) is 0 Å². The smallest absolute Gasteiger partial charge is 0.144 e. The molecule has 0 heterocycles. The number of hydrogen-bond acceptors (Lipinski definition) is 2. The molecule has 2 nitrogen and oxygen atoms in total. The number of nitriles is 1. The molecule has 35 heavy (non-hydrogen) atoms. The Kier molecular flexibility index (Phi) is 8.58. The molecular formula is C27H21F6NO. The summed E-state index contributed by atoms with van der Waals surface area (Å²) in [6.07, 6.45) is 1.72. The third-order valence-electron chi connectivity index (χ3n) is 5.45. The molecule has 0 atom stereocenters. The highest BCUT2D eigenvalue weighted by molar-refractivity contribution is 5.36. The molecule has 0 fully saturated rings. The summed E-state index contributed by atoms with van der Waals surface area (Å²) in [6.45, 7) is 3.75. The largest absolute Gasteiger partial charge is 0.493 e. The van der Waals surface area contributed by atoms with Crippen molar-refractivity contribution in [2.45, 2.75) is 32.1 Å². The van der Waals surface area contributed by atoms with Crippen molar-refractivity contribution < 1.29 is 31.1 Å². The average molecular weight is 489 g/mol. The van der Waals surface area contributed by atoms with Crippen molar-refractivity contribution in [3.63, 3.8) is 0 Å². The molecule has 0 N–H and O–H groups in total. The molecule has 0 spiro atoms. The van der Waals surface area contributed by atoms with Gasteiger partial charge in [-0.05, 0) is 67.5 Å². The van der Waals surface area contributed by atoms with E-state index in [1.165, 1.54) is 6.07 Å². The summed E-state index contributed by atoms with van der Waals surface area (Å²) in [5.74, 6) is -5.45. The number of hydrogen-bond donors (Lipinski definition) is 0. The molecule has 0 amide bonds. The van der Waals surface area contributed by atoms with Crippen molar-refractivity contribution in [3.05, 3.63) is 112 Å². The Labute approximate surface area is 199 Å². The lowest BCUT2D eigenvalue weighted by atomic mass is 9.98. The lowest BCUT2D eigenvalue weighted by Gasteiger charge is -2.11. The van der Waals surface area contributed by atoms with Crippen LogP contribution in [0.5, 0.6) is 5.75 Å². The van der Waals surface area contributed by atoms with Gasteiger partial charge >= 0.3 is 0 Å². The van der Waals surface area contributed by atoms with E-state index in [9.17, 15) is 26.3 Å². The Hall–Kier alpha value is -3.73. The minimum absolute atomic E-state index is 0.0231. The van der Waals surface area contributed by atoms with Crippen molar-refractivity contribution >= 4 is 0 Å². The van der Waals surface area contributed by atoms with Gasteiger partial charge in [-0.3, -0.25) is 0 Å². The van der Waals surface area contributed by atoms with Gasteiger partial charge in [0.25, 0.3) is 0 Å².